The number of esters is 1. The Morgan fingerprint density at radius 3 is 2.32 bits per heavy atom. The van der Waals surface area contributed by atoms with Crippen LogP contribution in [0.15, 0.2) is 60.7 Å². The van der Waals surface area contributed by atoms with Crippen LogP contribution < -0.4 is 14.8 Å². The lowest BCUT2D eigenvalue weighted by Crippen LogP contribution is -2.13. The van der Waals surface area contributed by atoms with Gasteiger partial charge in [0.2, 0.25) is 0 Å². The highest BCUT2D eigenvalue weighted by atomic mass is 35.5. The molecule has 3 rings (SSSR count). The van der Waals surface area contributed by atoms with Crippen molar-refractivity contribution in [2.45, 2.75) is 39.5 Å². The molecule has 34 heavy (non-hydrogen) atoms. The lowest BCUT2D eigenvalue weighted by molar-refractivity contribution is -0.134. The summed E-state index contributed by atoms with van der Waals surface area (Å²) in [6.07, 6.45) is 0.753. The molecule has 0 fully saturated rings. The van der Waals surface area contributed by atoms with Crippen LogP contribution in [0.25, 0.3) is 0 Å². The zero-order chi connectivity index (χ0) is 24.7. The zero-order valence-corrected chi connectivity index (χ0v) is 20.9. The summed E-state index contributed by atoms with van der Waals surface area (Å²) in [5.41, 5.74) is 3.30. The van der Waals surface area contributed by atoms with Gasteiger partial charge in [-0.05, 0) is 85.0 Å². The molecule has 1 N–H and O–H groups in total. The number of ether oxygens (including phenoxy) is 2. The van der Waals surface area contributed by atoms with Crippen molar-refractivity contribution in [2.24, 2.45) is 0 Å². The first-order valence-corrected chi connectivity index (χ1v) is 11.8. The van der Waals surface area contributed by atoms with Gasteiger partial charge in [0.1, 0.15) is 11.5 Å². The van der Waals surface area contributed by atoms with Crippen LogP contribution in [0, 0.1) is 6.92 Å². The molecule has 0 unspecified atom stereocenters. The fourth-order valence-electron chi connectivity index (χ4n) is 3.44. The summed E-state index contributed by atoms with van der Waals surface area (Å²) < 4.78 is 11.1. The molecule has 0 saturated heterocycles. The van der Waals surface area contributed by atoms with E-state index in [1.165, 1.54) is 11.1 Å². The van der Waals surface area contributed by atoms with Gasteiger partial charge in [-0.25, -0.2) is 0 Å². The van der Waals surface area contributed by atoms with E-state index in [2.05, 4.69) is 32.2 Å². The van der Waals surface area contributed by atoms with Crippen LogP contribution in [-0.2, 0) is 4.79 Å². The third kappa shape index (κ3) is 7.24. The molecule has 3 aromatic carbocycles. The van der Waals surface area contributed by atoms with E-state index in [4.69, 9.17) is 32.7 Å². The Bertz CT molecular complexity index is 1160. The van der Waals surface area contributed by atoms with Crippen LogP contribution in [0.3, 0.4) is 0 Å². The van der Waals surface area contributed by atoms with Crippen LogP contribution in [0.2, 0.25) is 10.0 Å². The maximum atomic E-state index is 12.4. The molecule has 0 saturated carbocycles. The van der Waals surface area contributed by atoms with Gasteiger partial charge in [0.25, 0.3) is 5.91 Å². The van der Waals surface area contributed by atoms with Crippen molar-refractivity contribution in [2.75, 3.05) is 11.9 Å². The van der Waals surface area contributed by atoms with Crippen LogP contribution in [0.1, 0.15) is 54.1 Å². The molecule has 0 radical (unpaired) electrons. The Morgan fingerprint density at radius 2 is 1.65 bits per heavy atom. The van der Waals surface area contributed by atoms with E-state index in [9.17, 15) is 9.59 Å². The maximum absolute atomic E-state index is 12.4. The van der Waals surface area contributed by atoms with Crippen molar-refractivity contribution in [1.29, 1.82) is 0 Å². The van der Waals surface area contributed by atoms with Crippen molar-refractivity contribution in [1.82, 2.24) is 0 Å². The van der Waals surface area contributed by atoms with Gasteiger partial charge in [-0.3, -0.25) is 9.59 Å². The summed E-state index contributed by atoms with van der Waals surface area (Å²) in [4.78, 5) is 24.6. The predicted molar refractivity (Wildman–Crippen MR) is 136 cm³/mol. The number of carbonyl (C=O) groups is 2. The molecule has 7 heteroatoms. The lowest BCUT2D eigenvalue weighted by atomic mass is 9.98. The normalized spacial score (nSPS) is 10.8. The highest BCUT2D eigenvalue weighted by Gasteiger charge is 2.11. The highest BCUT2D eigenvalue weighted by Crippen LogP contribution is 2.26. The van der Waals surface area contributed by atoms with Gasteiger partial charge in [-0.1, -0.05) is 43.1 Å². The second kappa shape index (κ2) is 11.9. The zero-order valence-electron chi connectivity index (χ0n) is 19.4. The summed E-state index contributed by atoms with van der Waals surface area (Å²) in [7, 11) is 0. The Morgan fingerprint density at radius 1 is 0.941 bits per heavy atom. The number of rotatable bonds is 9. The minimum Gasteiger partial charge on any atom is -0.494 e. The molecule has 0 bridgehead atoms. The van der Waals surface area contributed by atoms with Gasteiger partial charge in [-0.15, -0.1) is 0 Å². The molecule has 0 heterocycles. The molecule has 0 atom stereocenters. The van der Waals surface area contributed by atoms with E-state index in [0.29, 0.717) is 46.0 Å². The Hall–Kier alpha value is -3.02. The molecule has 5 nitrogen and oxygen atoms in total. The van der Waals surface area contributed by atoms with Crippen molar-refractivity contribution in [3.63, 3.8) is 0 Å². The Labute approximate surface area is 210 Å². The summed E-state index contributed by atoms with van der Waals surface area (Å²) in [5, 5.41) is 3.56. The quantitative estimate of drug-likeness (QED) is 0.188. The van der Waals surface area contributed by atoms with Crippen LogP contribution in [0.4, 0.5) is 5.69 Å². The van der Waals surface area contributed by atoms with Crippen molar-refractivity contribution in [3.8, 4) is 11.5 Å². The Balaban J connectivity index is 1.44. The van der Waals surface area contributed by atoms with E-state index in [1.54, 1.807) is 42.5 Å². The molecule has 3 aromatic rings. The molecule has 0 aliphatic heterocycles. The third-order valence-corrected chi connectivity index (χ3v) is 5.75. The Kier molecular flexibility index (Phi) is 8.97. The molecule has 1 amide bonds. The van der Waals surface area contributed by atoms with Gasteiger partial charge >= 0.3 is 5.97 Å². The van der Waals surface area contributed by atoms with Crippen LogP contribution >= 0.6 is 23.2 Å². The van der Waals surface area contributed by atoms with Gasteiger partial charge < -0.3 is 14.8 Å². The number of halogens is 2. The largest absolute Gasteiger partial charge is 0.494 e. The van der Waals surface area contributed by atoms with Crippen molar-refractivity contribution >= 4 is 40.8 Å². The molecule has 0 aromatic heterocycles. The molecule has 178 valence electrons. The van der Waals surface area contributed by atoms with Gasteiger partial charge in [0.15, 0.2) is 0 Å². The summed E-state index contributed by atoms with van der Waals surface area (Å²) in [6, 6.07) is 17.2. The summed E-state index contributed by atoms with van der Waals surface area (Å²) in [6.45, 7) is 6.81. The first-order chi connectivity index (χ1) is 16.2. The van der Waals surface area contributed by atoms with Crippen LogP contribution in [0.5, 0.6) is 11.5 Å². The van der Waals surface area contributed by atoms with E-state index in [0.717, 1.165) is 5.75 Å². The molecule has 0 aliphatic carbocycles. The number of aryl methyl sites for hydroxylation is 1. The third-order valence-electron chi connectivity index (χ3n) is 5.18. The summed E-state index contributed by atoms with van der Waals surface area (Å²) in [5.74, 6) is 0.911. The smallest absolute Gasteiger partial charge is 0.311 e. The van der Waals surface area contributed by atoms with Crippen molar-refractivity contribution in [3.05, 3.63) is 87.4 Å². The van der Waals surface area contributed by atoms with E-state index >= 15 is 0 Å². The number of nitrogens with one attached hydrogen (secondary N) is 1. The fraction of sp³-hybridized carbons (Fsp3) is 0.259. The second-order valence-electron chi connectivity index (χ2n) is 8.20. The molecular formula is C27H27Cl2NO4. The van der Waals surface area contributed by atoms with E-state index < -0.39 is 0 Å². The number of hydrogen-bond acceptors (Lipinski definition) is 4. The van der Waals surface area contributed by atoms with Gasteiger partial charge in [0, 0.05) is 17.0 Å². The predicted octanol–water partition coefficient (Wildman–Crippen LogP) is 7.44. The van der Waals surface area contributed by atoms with Gasteiger partial charge in [-0.2, -0.15) is 0 Å². The van der Waals surface area contributed by atoms with Gasteiger partial charge in [0.05, 0.1) is 17.3 Å². The number of anilines is 1. The number of amides is 1. The monoisotopic (exact) mass is 499 g/mol. The number of carbonyl (C=O) groups excluding carboxylic acids is 2. The maximum Gasteiger partial charge on any atom is 0.311 e. The lowest BCUT2D eigenvalue weighted by Gasteiger charge is -2.12. The van der Waals surface area contributed by atoms with Crippen LogP contribution in [-0.4, -0.2) is 18.5 Å². The first-order valence-electron chi connectivity index (χ1n) is 11.0. The summed E-state index contributed by atoms with van der Waals surface area (Å²) >= 11 is 12.0. The fourth-order valence-corrected chi connectivity index (χ4v) is 3.77. The SMILES string of the molecule is Cc1cc(OCCCC(=O)Oc2ccc(C(=O)Nc3cc(Cl)ccc3Cl)cc2)ccc1C(C)C. The minimum absolute atomic E-state index is 0.221. The van der Waals surface area contributed by atoms with E-state index in [-0.39, 0.29) is 18.3 Å². The standard InChI is InChI=1S/C27H27Cl2NO4/c1-17(2)23-12-11-22(15-18(23)3)33-14-4-5-26(31)34-21-9-6-19(7-10-21)27(32)30-25-16-20(28)8-13-24(25)29/h6-13,15-17H,4-5,14H2,1-3H3,(H,30,32). The van der Waals surface area contributed by atoms with Crippen molar-refractivity contribution < 1.29 is 19.1 Å². The number of hydrogen-bond donors (Lipinski definition) is 1. The first kappa shape index (κ1) is 25.6. The highest BCUT2D eigenvalue weighted by molar-refractivity contribution is 6.35. The topological polar surface area (TPSA) is 64.6 Å². The number of benzene rings is 3. The molecule has 0 spiro atoms. The minimum atomic E-state index is -0.363. The second-order valence-corrected chi connectivity index (χ2v) is 9.05. The average molecular weight is 500 g/mol. The van der Waals surface area contributed by atoms with E-state index in [1.807, 2.05) is 12.1 Å². The molecule has 0 aliphatic rings. The average Bonchev–Trinajstić information content (AvgIpc) is 2.79. The molecular weight excluding hydrogens is 473 g/mol.